The molecule has 0 aliphatic carbocycles. The predicted octanol–water partition coefficient (Wildman–Crippen LogP) is 2.88. The van der Waals surface area contributed by atoms with Gasteiger partial charge in [0.15, 0.2) is 15.5 Å². The second kappa shape index (κ2) is 9.41. The first-order chi connectivity index (χ1) is 19.7. The molecule has 2 aliphatic rings. The largest absolute Gasteiger partial charge is 0.382 e. The molecule has 2 bridgehead atoms. The maximum Gasteiger partial charge on any atom is 0.292 e. The number of nitrogen functional groups attached to an aromatic ring is 1. The number of aromatic amines is 1. The van der Waals surface area contributed by atoms with Crippen LogP contribution in [-0.2, 0) is 9.84 Å². The molecule has 0 radical (unpaired) electrons. The van der Waals surface area contributed by atoms with Crippen molar-refractivity contribution in [2.45, 2.75) is 55.5 Å². The van der Waals surface area contributed by atoms with Gasteiger partial charge in [0.05, 0.1) is 17.6 Å². The van der Waals surface area contributed by atoms with Gasteiger partial charge in [0, 0.05) is 52.7 Å². The van der Waals surface area contributed by atoms with E-state index in [2.05, 4.69) is 30.2 Å². The lowest BCUT2D eigenvalue weighted by Crippen LogP contribution is -2.46. The zero-order valence-corrected chi connectivity index (χ0v) is 23.9. The van der Waals surface area contributed by atoms with E-state index in [1.165, 1.54) is 10.8 Å². The summed E-state index contributed by atoms with van der Waals surface area (Å²) in [5, 5.41) is 12.9. The Bertz CT molecular complexity index is 1880. The Hall–Kier alpha value is -4.24. The Morgan fingerprint density at radius 2 is 1.90 bits per heavy atom. The number of aromatic nitrogens is 8. The minimum Gasteiger partial charge on any atom is -0.382 e. The maximum absolute atomic E-state index is 13.1. The smallest absolute Gasteiger partial charge is 0.292 e. The molecule has 0 saturated carbocycles. The number of carbonyl (C=O) groups is 1. The highest BCUT2D eigenvalue weighted by Gasteiger charge is 2.46. The molecule has 2 fully saturated rings. The number of thiazole rings is 1. The summed E-state index contributed by atoms with van der Waals surface area (Å²) in [7, 11) is -3.74. The highest BCUT2D eigenvalue weighted by Crippen LogP contribution is 2.45. The molecule has 41 heavy (non-hydrogen) atoms. The quantitative estimate of drug-likeness (QED) is 0.309. The van der Waals surface area contributed by atoms with Crippen LogP contribution >= 0.6 is 11.3 Å². The van der Waals surface area contributed by atoms with Crippen LogP contribution in [0.15, 0.2) is 41.9 Å². The molecule has 2 aliphatic heterocycles. The van der Waals surface area contributed by atoms with Crippen molar-refractivity contribution in [3.63, 3.8) is 0 Å². The standard InChI is InChI=1S/C26H26N10O3S2/c1-13-9-29-25(40-13)19-6-3-14(10-28-19)18-11-32-36-22(27)21(41(2,38)39)20(33-24(18)36)15-7-16-4-5-17(8-15)35(16)26(37)23-30-12-31-34-23/h3,6,9-12,15-17H,4-5,7-8,27H2,1-2H3,(H,30,31,34)/t15-,16-,17+. The van der Waals surface area contributed by atoms with Gasteiger partial charge >= 0.3 is 0 Å². The van der Waals surface area contributed by atoms with Gasteiger partial charge in [-0.2, -0.15) is 9.61 Å². The van der Waals surface area contributed by atoms with Crippen molar-refractivity contribution in [3.05, 3.63) is 53.4 Å². The fourth-order valence-electron chi connectivity index (χ4n) is 6.20. The first-order valence-corrected chi connectivity index (χ1v) is 15.8. The van der Waals surface area contributed by atoms with Crippen molar-refractivity contribution >= 4 is 38.5 Å². The Morgan fingerprint density at radius 3 is 2.51 bits per heavy atom. The molecule has 5 aromatic heterocycles. The normalized spacial score (nSPS) is 20.6. The van der Waals surface area contributed by atoms with Crippen LogP contribution in [0.4, 0.5) is 5.82 Å². The van der Waals surface area contributed by atoms with Crippen LogP contribution in [0, 0.1) is 6.92 Å². The summed E-state index contributed by atoms with van der Waals surface area (Å²) < 4.78 is 27.5. The van der Waals surface area contributed by atoms with Crippen LogP contribution in [0.5, 0.6) is 0 Å². The molecule has 0 aromatic carbocycles. The summed E-state index contributed by atoms with van der Waals surface area (Å²) in [5.74, 6) is -0.176. The number of anilines is 1. The van der Waals surface area contributed by atoms with Gasteiger partial charge in [0.25, 0.3) is 5.91 Å². The number of nitrogens with one attached hydrogen (secondary N) is 1. The zero-order valence-electron chi connectivity index (χ0n) is 22.2. The van der Waals surface area contributed by atoms with E-state index in [1.807, 2.05) is 30.2 Å². The molecular weight excluding hydrogens is 564 g/mol. The monoisotopic (exact) mass is 590 g/mol. The first kappa shape index (κ1) is 25.7. The third-order valence-corrected chi connectivity index (χ3v) is 10.0. The van der Waals surface area contributed by atoms with Crippen LogP contribution in [0.3, 0.4) is 0 Å². The van der Waals surface area contributed by atoms with E-state index in [1.54, 1.807) is 23.7 Å². The van der Waals surface area contributed by atoms with Crippen LogP contribution in [0.25, 0.3) is 27.5 Å². The molecule has 3 atom stereocenters. The number of pyridine rings is 1. The van der Waals surface area contributed by atoms with E-state index in [-0.39, 0.29) is 40.4 Å². The fourth-order valence-corrected chi connectivity index (χ4v) is 8.00. The lowest BCUT2D eigenvalue weighted by Gasteiger charge is -2.38. The number of sulfone groups is 1. The fraction of sp³-hybridized carbons (Fsp3) is 0.346. The molecule has 5 aromatic rings. The summed E-state index contributed by atoms with van der Waals surface area (Å²) in [4.78, 5) is 32.8. The maximum atomic E-state index is 13.1. The van der Waals surface area contributed by atoms with Crippen molar-refractivity contribution in [1.29, 1.82) is 0 Å². The number of carbonyl (C=O) groups excluding carboxylic acids is 1. The average molecular weight is 591 g/mol. The Labute approximate surface area is 238 Å². The number of aryl methyl sites for hydroxylation is 1. The van der Waals surface area contributed by atoms with Crippen molar-refractivity contribution in [2.75, 3.05) is 12.0 Å². The molecule has 3 N–H and O–H groups in total. The minimum absolute atomic E-state index is 0.00771. The van der Waals surface area contributed by atoms with Crippen molar-refractivity contribution < 1.29 is 13.2 Å². The number of nitrogens with zero attached hydrogens (tertiary/aromatic N) is 8. The number of amides is 1. The number of H-pyrrole nitrogens is 1. The number of rotatable bonds is 5. The highest BCUT2D eigenvalue weighted by molar-refractivity contribution is 7.91. The molecule has 7 heterocycles. The number of piperidine rings is 1. The highest BCUT2D eigenvalue weighted by atomic mass is 32.2. The number of hydrogen-bond acceptors (Lipinski definition) is 11. The summed E-state index contributed by atoms with van der Waals surface area (Å²) >= 11 is 1.57. The van der Waals surface area contributed by atoms with E-state index in [0.29, 0.717) is 29.7 Å². The summed E-state index contributed by atoms with van der Waals surface area (Å²) in [6.07, 6.45) is 10.5. The molecule has 15 heteroatoms. The van der Waals surface area contributed by atoms with Gasteiger partial charge in [-0.15, -0.1) is 21.5 Å². The zero-order chi connectivity index (χ0) is 28.5. The Morgan fingerprint density at radius 1 is 1.12 bits per heavy atom. The minimum atomic E-state index is -3.74. The summed E-state index contributed by atoms with van der Waals surface area (Å²) in [5.41, 5.74) is 9.61. The SMILES string of the molecule is Cc1cnc(-c2ccc(-c3cnn4c(N)c(S(C)(=O)=O)c([C@@H]5C[C@H]6CC[C@@H](C5)N6C(=O)c5nnc[nH]5)nc34)cn2)s1. The van der Waals surface area contributed by atoms with Crippen LogP contribution in [0.1, 0.15) is 52.8 Å². The van der Waals surface area contributed by atoms with Crippen molar-refractivity contribution in [1.82, 2.24) is 44.6 Å². The van der Waals surface area contributed by atoms with E-state index < -0.39 is 9.84 Å². The van der Waals surface area contributed by atoms with Gasteiger partial charge in [-0.3, -0.25) is 9.78 Å². The summed E-state index contributed by atoms with van der Waals surface area (Å²) in [6.45, 7) is 2.00. The molecule has 0 spiro atoms. The lowest BCUT2D eigenvalue weighted by atomic mass is 9.87. The third kappa shape index (κ3) is 4.26. The predicted molar refractivity (Wildman–Crippen MR) is 151 cm³/mol. The average Bonchev–Trinajstić information content (AvgIpc) is 3.74. The van der Waals surface area contributed by atoms with Crippen LogP contribution in [-0.4, -0.2) is 77.3 Å². The summed E-state index contributed by atoms with van der Waals surface area (Å²) in [6, 6.07) is 3.68. The van der Waals surface area contributed by atoms with Gasteiger partial charge in [-0.1, -0.05) is 6.07 Å². The number of hydrogen-bond donors (Lipinski definition) is 2. The van der Waals surface area contributed by atoms with Crippen molar-refractivity contribution in [3.8, 4) is 21.8 Å². The Balaban J connectivity index is 1.28. The lowest BCUT2D eigenvalue weighted by molar-refractivity contribution is 0.0556. The van der Waals surface area contributed by atoms with E-state index in [4.69, 9.17) is 10.7 Å². The first-order valence-electron chi connectivity index (χ1n) is 13.1. The molecule has 1 amide bonds. The van der Waals surface area contributed by atoms with Gasteiger partial charge in [-0.05, 0) is 38.7 Å². The second-order valence-corrected chi connectivity index (χ2v) is 13.8. The number of nitrogens with two attached hydrogens (primary N) is 1. The Kier molecular flexibility index (Phi) is 5.90. The molecule has 2 saturated heterocycles. The van der Waals surface area contributed by atoms with E-state index >= 15 is 0 Å². The molecule has 0 unspecified atom stereocenters. The van der Waals surface area contributed by atoms with Gasteiger partial charge in [0.1, 0.15) is 22.0 Å². The molecular formula is C26H26N10O3S2. The van der Waals surface area contributed by atoms with Crippen molar-refractivity contribution in [2.24, 2.45) is 0 Å². The van der Waals surface area contributed by atoms with Gasteiger partial charge in [-0.25, -0.2) is 18.4 Å². The van der Waals surface area contributed by atoms with Gasteiger partial charge < -0.3 is 15.6 Å². The van der Waals surface area contributed by atoms with E-state index in [0.717, 1.165) is 40.2 Å². The van der Waals surface area contributed by atoms with Crippen LogP contribution in [0.2, 0.25) is 0 Å². The number of fused-ring (bicyclic) bond motifs is 3. The topological polar surface area (TPSA) is 178 Å². The van der Waals surface area contributed by atoms with Gasteiger partial charge in [0.2, 0.25) is 5.82 Å². The second-order valence-electron chi connectivity index (χ2n) is 10.6. The molecule has 13 nitrogen and oxygen atoms in total. The molecule has 7 rings (SSSR count). The van der Waals surface area contributed by atoms with Crippen LogP contribution < -0.4 is 5.73 Å². The van der Waals surface area contributed by atoms with E-state index in [9.17, 15) is 13.2 Å². The third-order valence-electron chi connectivity index (χ3n) is 7.92. The molecule has 210 valence electrons.